The number of rotatable bonds is 10. The summed E-state index contributed by atoms with van der Waals surface area (Å²) in [6, 6.07) is 17.6. The van der Waals surface area contributed by atoms with Gasteiger partial charge >= 0.3 is 0 Å². The fourth-order valence-corrected chi connectivity index (χ4v) is 5.69. The van der Waals surface area contributed by atoms with Gasteiger partial charge in [-0.3, -0.25) is 13.9 Å². The molecule has 38 heavy (non-hydrogen) atoms. The lowest BCUT2D eigenvalue weighted by atomic mass is 10.1. The van der Waals surface area contributed by atoms with E-state index >= 15 is 0 Å². The lowest BCUT2D eigenvalue weighted by molar-refractivity contribution is -0.139. The molecule has 0 radical (unpaired) electrons. The van der Waals surface area contributed by atoms with Crippen LogP contribution >= 0.6 is 15.9 Å². The van der Waals surface area contributed by atoms with E-state index in [1.54, 1.807) is 45.0 Å². The van der Waals surface area contributed by atoms with Gasteiger partial charge in [0, 0.05) is 17.1 Å². The van der Waals surface area contributed by atoms with Gasteiger partial charge < -0.3 is 10.2 Å². The Morgan fingerprint density at radius 1 is 0.974 bits per heavy atom. The van der Waals surface area contributed by atoms with E-state index in [1.165, 1.54) is 35.2 Å². The Hall–Kier alpha value is -3.24. The Kier molecular flexibility index (Phi) is 9.67. The minimum atomic E-state index is -4.33. The first kappa shape index (κ1) is 29.3. The number of amides is 2. The van der Waals surface area contributed by atoms with E-state index in [-0.39, 0.29) is 29.1 Å². The molecule has 1 N–H and O–H groups in total. The number of hydrogen-bond acceptors (Lipinski definition) is 4. The third-order valence-corrected chi connectivity index (χ3v) is 8.12. The van der Waals surface area contributed by atoms with E-state index in [2.05, 4.69) is 21.2 Å². The summed E-state index contributed by atoms with van der Waals surface area (Å²) in [5.74, 6) is -1.84. The van der Waals surface area contributed by atoms with Crippen LogP contribution < -0.4 is 9.62 Å². The molecule has 0 saturated heterocycles. The monoisotopic (exact) mass is 603 g/mol. The number of anilines is 1. The molecule has 3 aromatic rings. The standard InChI is InChI=1S/C28H31BrFN3O4S/c1-19(2)31-28(35)21(4)32(17-22-8-7-9-23(29)16-22)27(34)18-33(26-11-6-5-10-25(26)30)38(36,37)24-14-12-20(3)13-15-24/h5-16,19,21H,17-18H2,1-4H3,(H,31,35)/t21-/m1/s1. The van der Waals surface area contributed by atoms with Crippen molar-refractivity contribution >= 4 is 43.5 Å². The topological polar surface area (TPSA) is 86.8 Å². The summed E-state index contributed by atoms with van der Waals surface area (Å²) < 4.78 is 43.9. The normalized spacial score (nSPS) is 12.2. The number of sulfonamides is 1. The maximum atomic E-state index is 14.9. The van der Waals surface area contributed by atoms with E-state index in [0.29, 0.717) is 0 Å². The number of nitrogens with one attached hydrogen (secondary N) is 1. The quantitative estimate of drug-likeness (QED) is 0.352. The van der Waals surface area contributed by atoms with Crippen LogP contribution in [0, 0.1) is 12.7 Å². The first-order valence-corrected chi connectivity index (χ1v) is 14.3. The van der Waals surface area contributed by atoms with Crippen LogP contribution in [-0.2, 0) is 26.2 Å². The molecule has 2 amide bonds. The minimum Gasteiger partial charge on any atom is -0.352 e. The van der Waals surface area contributed by atoms with E-state index in [9.17, 15) is 22.4 Å². The molecule has 7 nitrogen and oxygen atoms in total. The van der Waals surface area contributed by atoms with Crippen LogP contribution in [0.1, 0.15) is 31.9 Å². The van der Waals surface area contributed by atoms with Crippen molar-refractivity contribution in [2.75, 3.05) is 10.8 Å². The van der Waals surface area contributed by atoms with Crippen molar-refractivity contribution in [3.8, 4) is 0 Å². The number of halogens is 2. The van der Waals surface area contributed by atoms with Crippen LogP contribution in [0.2, 0.25) is 0 Å². The highest BCUT2D eigenvalue weighted by Gasteiger charge is 2.33. The van der Waals surface area contributed by atoms with Gasteiger partial charge in [-0.1, -0.05) is 57.9 Å². The zero-order chi connectivity index (χ0) is 28.0. The first-order valence-electron chi connectivity index (χ1n) is 12.1. The van der Waals surface area contributed by atoms with Crippen LogP contribution in [-0.4, -0.2) is 43.8 Å². The molecule has 10 heteroatoms. The summed E-state index contributed by atoms with van der Waals surface area (Å²) >= 11 is 3.41. The van der Waals surface area contributed by atoms with E-state index in [0.717, 1.165) is 26.0 Å². The fourth-order valence-electron chi connectivity index (χ4n) is 3.82. The average molecular weight is 605 g/mol. The van der Waals surface area contributed by atoms with Gasteiger partial charge in [0.1, 0.15) is 18.4 Å². The van der Waals surface area contributed by atoms with Crippen LogP contribution in [0.15, 0.2) is 82.2 Å². The van der Waals surface area contributed by atoms with Gasteiger partial charge in [0.15, 0.2) is 0 Å². The molecule has 0 aliphatic carbocycles. The molecular formula is C28H31BrFN3O4S. The van der Waals surface area contributed by atoms with Crippen LogP contribution in [0.25, 0.3) is 0 Å². The van der Waals surface area contributed by atoms with Crippen LogP contribution in [0.5, 0.6) is 0 Å². The molecule has 3 rings (SSSR count). The van der Waals surface area contributed by atoms with E-state index in [4.69, 9.17) is 0 Å². The molecule has 0 aliphatic rings. The highest BCUT2D eigenvalue weighted by Crippen LogP contribution is 2.27. The predicted molar refractivity (Wildman–Crippen MR) is 150 cm³/mol. The molecule has 1 atom stereocenters. The Balaban J connectivity index is 2.05. The summed E-state index contributed by atoms with van der Waals surface area (Å²) in [6.45, 7) is 6.34. The number of aryl methyl sites for hydroxylation is 1. The molecular weight excluding hydrogens is 573 g/mol. The smallest absolute Gasteiger partial charge is 0.264 e. The van der Waals surface area contributed by atoms with Gasteiger partial charge in [-0.15, -0.1) is 0 Å². The molecule has 0 heterocycles. The second kappa shape index (κ2) is 12.5. The summed E-state index contributed by atoms with van der Waals surface area (Å²) in [5, 5.41) is 2.80. The number of carbonyl (C=O) groups excluding carboxylic acids is 2. The SMILES string of the molecule is Cc1ccc(S(=O)(=O)N(CC(=O)N(Cc2cccc(Br)c2)[C@H](C)C(=O)NC(C)C)c2ccccc2F)cc1. The van der Waals surface area contributed by atoms with Crippen LogP contribution in [0.4, 0.5) is 10.1 Å². The van der Waals surface area contributed by atoms with E-state index in [1.807, 2.05) is 19.1 Å². The molecule has 0 saturated carbocycles. The van der Waals surface area contributed by atoms with Crippen molar-refractivity contribution in [1.82, 2.24) is 10.2 Å². The molecule has 202 valence electrons. The average Bonchev–Trinajstić information content (AvgIpc) is 2.85. The number of nitrogens with zero attached hydrogens (tertiary/aromatic N) is 2. The Bertz CT molecular complexity index is 1400. The van der Waals surface area contributed by atoms with Crippen LogP contribution in [0.3, 0.4) is 0 Å². The van der Waals surface area contributed by atoms with Crippen molar-refractivity contribution in [2.45, 2.75) is 51.2 Å². The van der Waals surface area contributed by atoms with Gasteiger partial charge in [-0.2, -0.15) is 0 Å². The molecule has 0 unspecified atom stereocenters. The van der Waals surface area contributed by atoms with Gasteiger partial charge in [0.05, 0.1) is 10.6 Å². The lowest BCUT2D eigenvalue weighted by Gasteiger charge is -2.32. The number of hydrogen-bond donors (Lipinski definition) is 1. The second-order valence-corrected chi connectivity index (χ2v) is 12.0. The first-order chi connectivity index (χ1) is 17.9. The van der Waals surface area contributed by atoms with Crippen molar-refractivity contribution in [3.63, 3.8) is 0 Å². The van der Waals surface area contributed by atoms with Crippen molar-refractivity contribution in [3.05, 3.63) is 94.2 Å². The summed E-state index contributed by atoms with van der Waals surface area (Å²) in [5.41, 5.74) is 1.32. The molecule has 0 spiro atoms. The summed E-state index contributed by atoms with van der Waals surface area (Å²) in [4.78, 5) is 27.9. The molecule has 0 aliphatic heterocycles. The summed E-state index contributed by atoms with van der Waals surface area (Å²) in [7, 11) is -4.33. The summed E-state index contributed by atoms with van der Waals surface area (Å²) in [6.07, 6.45) is 0. The fraction of sp³-hybridized carbons (Fsp3) is 0.286. The Morgan fingerprint density at radius 3 is 2.24 bits per heavy atom. The number of carbonyl (C=O) groups is 2. The van der Waals surface area contributed by atoms with Gasteiger partial charge in [0.25, 0.3) is 10.0 Å². The van der Waals surface area contributed by atoms with Crippen molar-refractivity contribution in [2.24, 2.45) is 0 Å². The third kappa shape index (κ3) is 7.20. The highest BCUT2D eigenvalue weighted by atomic mass is 79.9. The molecule has 3 aromatic carbocycles. The predicted octanol–water partition coefficient (Wildman–Crippen LogP) is 5.03. The van der Waals surface area contributed by atoms with Gasteiger partial charge in [0.2, 0.25) is 11.8 Å². The lowest BCUT2D eigenvalue weighted by Crippen LogP contribution is -2.52. The van der Waals surface area contributed by atoms with Crippen molar-refractivity contribution < 1.29 is 22.4 Å². The minimum absolute atomic E-state index is 0.0423. The largest absolute Gasteiger partial charge is 0.352 e. The maximum Gasteiger partial charge on any atom is 0.264 e. The molecule has 0 aromatic heterocycles. The number of benzene rings is 3. The third-order valence-electron chi connectivity index (χ3n) is 5.85. The number of para-hydroxylation sites is 1. The zero-order valence-corrected chi connectivity index (χ0v) is 24.1. The molecule has 0 fully saturated rings. The zero-order valence-electron chi connectivity index (χ0n) is 21.7. The molecule has 0 bridgehead atoms. The Morgan fingerprint density at radius 2 is 1.63 bits per heavy atom. The van der Waals surface area contributed by atoms with Gasteiger partial charge in [-0.25, -0.2) is 12.8 Å². The second-order valence-electron chi connectivity index (χ2n) is 9.27. The van der Waals surface area contributed by atoms with Gasteiger partial charge in [-0.05, 0) is 69.7 Å². The Labute approximate surface area is 231 Å². The van der Waals surface area contributed by atoms with E-state index < -0.39 is 34.3 Å². The highest BCUT2D eigenvalue weighted by molar-refractivity contribution is 9.10. The maximum absolute atomic E-state index is 14.9. The van der Waals surface area contributed by atoms with Crippen molar-refractivity contribution in [1.29, 1.82) is 0 Å².